The van der Waals surface area contributed by atoms with Crippen LogP contribution in [0.3, 0.4) is 0 Å². The lowest BCUT2D eigenvalue weighted by atomic mass is 9.92. The van der Waals surface area contributed by atoms with Crippen LogP contribution in [-0.4, -0.2) is 18.0 Å². The SMILES string of the molecule is CCC(NC(=O)C1(CC)CCCN1)c1ccc(C)cc1. The van der Waals surface area contributed by atoms with Crippen molar-refractivity contribution in [1.29, 1.82) is 0 Å². The number of rotatable bonds is 5. The van der Waals surface area contributed by atoms with E-state index in [9.17, 15) is 4.79 Å². The van der Waals surface area contributed by atoms with Gasteiger partial charge in [-0.15, -0.1) is 0 Å². The fourth-order valence-electron chi connectivity index (χ4n) is 2.98. The third-order valence-corrected chi connectivity index (χ3v) is 4.48. The predicted octanol–water partition coefficient (Wildman–Crippen LogP) is 3.09. The van der Waals surface area contributed by atoms with E-state index >= 15 is 0 Å². The van der Waals surface area contributed by atoms with Crippen LogP contribution in [0.1, 0.15) is 56.7 Å². The number of carbonyl (C=O) groups is 1. The monoisotopic (exact) mass is 274 g/mol. The van der Waals surface area contributed by atoms with Crippen molar-refractivity contribution < 1.29 is 4.79 Å². The minimum Gasteiger partial charge on any atom is -0.348 e. The van der Waals surface area contributed by atoms with Crippen LogP contribution in [0.25, 0.3) is 0 Å². The Balaban J connectivity index is 2.09. The van der Waals surface area contributed by atoms with Crippen molar-refractivity contribution in [3.8, 4) is 0 Å². The summed E-state index contributed by atoms with van der Waals surface area (Å²) >= 11 is 0. The van der Waals surface area contributed by atoms with Gasteiger partial charge in [-0.05, 0) is 44.7 Å². The molecule has 0 spiro atoms. The molecule has 0 bridgehead atoms. The van der Waals surface area contributed by atoms with E-state index in [0.717, 1.165) is 32.2 Å². The molecule has 3 heteroatoms. The second-order valence-corrected chi connectivity index (χ2v) is 5.81. The van der Waals surface area contributed by atoms with E-state index < -0.39 is 0 Å². The molecule has 2 unspecified atom stereocenters. The number of hydrogen-bond donors (Lipinski definition) is 2. The largest absolute Gasteiger partial charge is 0.348 e. The van der Waals surface area contributed by atoms with Crippen molar-refractivity contribution in [1.82, 2.24) is 10.6 Å². The van der Waals surface area contributed by atoms with Gasteiger partial charge < -0.3 is 10.6 Å². The van der Waals surface area contributed by atoms with Gasteiger partial charge in [-0.1, -0.05) is 43.7 Å². The number of amides is 1. The van der Waals surface area contributed by atoms with E-state index in [4.69, 9.17) is 0 Å². The average molecular weight is 274 g/mol. The highest BCUT2D eigenvalue weighted by Gasteiger charge is 2.39. The first-order chi connectivity index (χ1) is 9.61. The normalized spacial score (nSPS) is 23.6. The fourth-order valence-corrected chi connectivity index (χ4v) is 2.98. The first kappa shape index (κ1) is 15.0. The summed E-state index contributed by atoms with van der Waals surface area (Å²) in [5, 5.41) is 6.63. The van der Waals surface area contributed by atoms with Crippen molar-refractivity contribution in [3.05, 3.63) is 35.4 Å². The molecule has 1 aromatic carbocycles. The van der Waals surface area contributed by atoms with Gasteiger partial charge in [0.15, 0.2) is 0 Å². The number of nitrogens with one attached hydrogen (secondary N) is 2. The smallest absolute Gasteiger partial charge is 0.240 e. The van der Waals surface area contributed by atoms with Gasteiger partial charge in [0, 0.05) is 0 Å². The molecular formula is C17H26N2O. The Hall–Kier alpha value is -1.35. The Morgan fingerprint density at radius 1 is 1.35 bits per heavy atom. The van der Waals surface area contributed by atoms with Crippen molar-refractivity contribution in [3.63, 3.8) is 0 Å². The lowest BCUT2D eigenvalue weighted by Gasteiger charge is -2.29. The molecule has 1 amide bonds. The van der Waals surface area contributed by atoms with Crippen LogP contribution in [0.2, 0.25) is 0 Å². The van der Waals surface area contributed by atoms with Gasteiger partial charge in [-0.25, -0.2) is 0 Å². The highest BCUT2D eigenvalue weighted by atomic mass is 16.2. The lowest BCUT2D eigenvalue weighted by molar-refractivity contribution is -0.128. The first-order valence-electron chi connectivity index (χ1n) is 7.74. The van der Waals surface area contributed by atoms with Gasteiger partial charge in [-0.2, -0.15) is 0 Å². The van der Waals surface area contributed by atoms with Crippen LogP contribution >= 0.6 is 0 Å². The number of hydrogen-bond acceptors (Lipinski definition) is 2. The van der Waals surface area contributed by atoms with Crippen molar-refractivity contribution >= 4 is 5.91 Å². The summed E-state index contributed by atoms with van der Waals surface area (Å²) in [6.07, 6.45) is 3.79. The Kier molecular flexibility index (Phi) is 4.81. The van der Waals surface area contributed by atoms with Crippen LogP contribution in [0, 0.1) is 6.92 Å². The summed E-state index contributed by atoms with van der Waals surface area (Å²) in [5.41, 5.74) is 2.09. The first-order valence-corrected chi connectivity index (χ1v) is 7.74. The zero-order valence-electron chi connectivity index (χ0n) is 12.8. The summed E-state index contributed by atoms with van der Waals surface area (Å²) in [6.45, 7) is 7.23. The molecule has 2 rings (SSSR count). The summed E-state index contributed by atoms with van der Waals surface area (Å²) in [6, 6.07) is 8.55. The molecule has 1 aliphatic rings. The zero-order valence-corrected chi connectivity index (χ0v) is 12.8. The van der Waals surface area contributed by atoms with Crippen molar-refractivity contribution in [2.75, 3.05) is 6.54 Å². The van der Waals surface area contributed by atoms with Gasteiger partial charge in [0.25, 0.3) is 0 Å². The minimum atomic E-state index is -0.349. The van der Waals surface area contributed by atoms with E-state index in [-0.39, 0.29) is 17.5 Å². The third-order valence-electron chi connectivity index (χ3n) is 4.48. The Bertz CT molecular complexity index is 447. The van der Waals surface area contributed by atoms with E-state index in [1.165, 1.54) is 11.1 Å². The van der Waals surface area contributed by atoms with E-state index in [1.807, 2.05) is 0 Å². The summed E-state index contributed by atoms with van der Waals surface area (Å²) in [4.78, 5) is 12.6. The zero-order chi connectivity index (χ0) is 14.6. The number of carbonyl (C=O) groups excluding carboxylic acids is 1. The van der Waals surface area contributed by atoms with Crippen molar-refractivity contribution in [2.24, 2.45) is 0 Å². The van der Waals surface area contributed by atoms with Gasteiger partial charge in [0.05, 0.1) is 11.6 Å². The summed E-state index contributed by atoms with van der Waals surface area (Å²) in [7, 11) is 0. The highest BCUT2D eigenvalue weighted by Crippen LogP contribution is 2.25. The van der Waals surface area contributed by atoms with E-state index in [2.05, 4.69) is 55.7 Å². The Morgan fingerprint density at radius 3 is 2.55 bits per heavy atom. The van der Waals surface area contributed by atoms with Crippen LogP contribution < -0.4 is 10.6 Å². The second-order valence-electron chi connectivity index (χ2n) is 5.81. The molecular weight excluding hydrogens is 248 g/mol. The lowest BCUT2D eigenvalue weighted by Crippen LogP contribution is -2.53. The molecule has 0 aliphatic carbocycles. The maximum Gasteiger partial charge on any atom is 0.240 e. The molecule has 0 radical (unpaired) electrons. The van der Waals surface area contributed by atoms with E-state index in [0.29, 0.717) is 0 Å². The van der Waals surface area contributed by atoms with Gasteiger partial charge in [-0.3, -0.25) is 4.79 Å². The third kappa shape index (κ3) is 3.04. The molecule has 2 atom stereocenters. The van der Waals surface area contributed by atoms with Crippen LogP contribution in [0.5, 0.6) is 0 Å². The maximum atomic E-state index is 12.6. The summed E-state index contributed by atoms with van der Waals surface area (Å²) in [5.74, 6) is 0.157. The van der Waals surface area contributed by atoms with Crippen LogP contribution in [0.4, 0.5) is 0 Å². The maximum absolute atomic E-state index is 12.6. The molecule has 1 heterocycles. The van der Waals surface area contributed by atoms with Gasteiger partial charge in [0.2, 0.25) is 5.91 Å². The minimum absolute atomic E-state index is 0.105. The van der Waals surface area contributed by atoms with Crippen molar-refractivity contribution in [2.45, 2.75) is 58.0 Å². The second kappa shape index (κ2) is 6.40. The number of benzene rings is 1. The molecule has 1 aromatic rings. The quantitative estimate of drug-likeness (QED) is 0.866. The molecule has 2 N–H and O–H groups in total. The van der Waals surface area contributed by atoms with Gasteiger partial charge >= 0.3 is 0 Å². The molecule has 1 aliphatic heterocycles. The predicted molar refractivity (Wildman–Crippen MR) is 82.6 cm³/mol. The number of aryl methyl sites for hydroxylation is 1. The molecule has 0 saturated carbocycles. The van der Waals surface area contributed by atoms with Gasteiger partial charge in [0.1, 0.15) is 0 Å². The Morgan fingerprint density at radius 2 is 2.05 bits per heavy atom. The topological polar surface area (TPSA) is 41.1 Å². The average Bonchev–Trinajstić information content (AvgIpc) is 2.96. The van der Waals surface area contributed by atoms with E-state index in [1.54, 1.807) is 0 Å². The molecule has 3 nitrogen and oxygen atoms in total. The van der Waals surface area contributed by atoms with Crippen LogP contribution in [0.15, 0.2) is 24.3 Å². The summed E-state index contributed by atoms with van der Waals surface area (Å²) < 4.78 is 0. The molecule has 20 heavy (non-hydrogen) atoms. The molecule has 110 valence electrons. The fraction of sp³-hybridized carbons (Fsp3) is 0.588. The Labute approximate surface area is 122 Å². The standard InChI is InChI=1S/C17H26N2O/c1-4-15(14-9-7-13(3)8-10-14)19-16(20)17(5-2)11-6-12-18-17/h7-10,15,18H,4-6,11-12H2,1-3H3,(H,19,20). The van der Waals surface area contributed by atoms with Crippen LogP contribution in [-0.2, 0) is 4.79 Å². The molecule has 0 aromatic heterocycles. The highest BCUT2D eigenvalue weighted by molar-refractivity contribution is 5.87. The molecule has 1 fully saturated rings. The molecule has 1 saturated heterocycles.